The number of hydrogen-bond acceptors (Lipinski definition) is 4. The van der Waals surface area contributed by atoms with Crippen molar-refractivity contribution in [3.05, 3.63) is 34.3 Å². The van der Waals surface area contributed by atoms with E-state index in [0.717, 1.165) is 0 Å². The lowest BCUT2D eigenvalue weighted by Crippen LogP contribution is -1.84. The highest BCUT2D eigenvalue weighted by atomic mass is 35.5. The topological polar surface area (TPSA) is 83.2 Å². The van der Waals surface area contributed by atoms with E-state index in [1.165, 1.54) is 6.07 Å². The summed E-state index contributed by atoms with van der Waals surface area (Å²) in [7, 11) is 0. The van der Waals surface area contributed by atoms with Gasteiger partial charge in [0.1, 0.15) is 23.1 Å². The first-order chi connectivity index (χ1) is 8.04. The summed E-state index contributed by atoms with van der Waals surface area (Å²) < 4.78 is 5.29. The van der Waals surface area contributed by atoms with E-state index in [4.69, 9.17) is 27.0 Å². The molecule has 0 fully saturated rings. The lowest BCUT2D eigenvalue weighted by Gasteiger charge is -2.02. The van der Waals surface area contributed by atoms with Crippen molar-refractivity contribution in [1.29, 1.82) is 5.26 Å². The van der Waals surface area contributed by atoms with Crippen molar-refractivity contribution in [2.24, 2.45) is 0 Å². The van der Waals surface area contributed by atoms with Crippen LogP contribution in [0.5, 0.6) is 5.75 Å². The van der Waals surface area contributed by atoms with Crippen molar-refractivity contribution in [1.82, 2.24) is 0 Å². The van der Waals surface area contributed by atoms with Crippen LogP contribution in [0.3, 0.4) is 0 Å². The van der Waals surface area contributed by atoms with E-state index >= 15 is 0 Å². The van der Waals surface area contributed by atoms with Crippen LogP contribution in [0.15, 0.2) is 22.6 Å². The second kappa shape index (κ2) is 4.04. The molecule has 0 radical (unpaired) electrons. The molecule has 0 unspecified atom stereocenters. The standard InChI is InChI=1S/C12H9ClN2O2/c1-6-9(5-14)12(15)17-11(6)8-4-7(13)2-3-10(8)16/h2-4,16H,15H2,1H3. The van der Waals surface area contributed by atoms with Crippen molar-refractivity contribution in [2.75, 3.05) is 5.73 Å². The van der Waals surface area contributed by atoms with Crippen LogP contribution in [0.25, 0.3) is 11.3 Å². The molecule has 0 aliphatic carbocycles. The maximum Gasteiger partial charge on any atom is 0.209 e. The minimum absolute atomic E-state index is 0.0238. The minimum Gasteiger partial charge on any atom is -0.507 e. The van der Waals surface area contributed by atoms with E-state index in [0.29, 0.717) is 21.9 Å². The van der Waals surface area contributed by atoms with Gasteiger partial charge < -0.3 is 15.3 Å². The number of phenolic OH excluding ortho intramolecular Hbond substituents is 1. The Morgan fingerprint density at radius 1 is 1.47 bits per heavy atom. The van der Waals surface area contributed by atoms with Crippen LogP contribution in [0.4, 0.5) is 5.88 Å². The molecule has 0 bridgehead atoms. The maximum atomic E-state index is 9.74. The van der Waals surface area contributed by atoms with Gasteiger partial charge in [-0.05, 0) is 25.1 Å². The Kier molecular flexibility index (Phi) is 2.70. The number of halogens is 1. The Balaban J connectivity index is 2.70. The number of nitrogen functional groups attached to an aromatic ring is 1. The number of phenols is 1. The Morgan fingerprint density at radius 2 is 2.18 bits per heavy atom. The molecule has 0 saturated heterocycles. The highest BCUT2D eigenvalue weighted by Gasteiger charge is 2.18. The first-order valence-corrected chi connectivity index (χ1v) is 5.20. The molecule has 0 spiro atoms. The number of nitrogens with two attached hydrogens (primary N) is 1. The first kappa shape index (κ1) is 11.4. The SMILES string of the molecule is Cc1c(-c2cc(Cl)ccc2O)oc(N)c1C#N. The number of rotatable bonds is 1. The number of hydrogen-bond donors (Lipinski definition) is 2. The third kappa shape index (κ3) is 1.81. The second-order valence-electron chi connectivity index (χ2n) is 3.57. The summed E-state index contributed by atoms with van der Waals surface area (Å²) in [5, 5.41) is 19.1. The zero-order valence-electron chi connectivity index (χ0n) is 8.99. The van der Waals surface area contributed by atoms with E-state index in [1.54, 1.807) is 19.1 Å². The Labute approximate surface area is 103 Å². The van der Waals surface area contributed by atoms with Crippen LogP contribution in [-0.2, 0) is 0 Å². The second-order valence-corrected chi connectivity index (χ2v) is 4.01. The van der Waals surface area contributed by atoms with Crippen LogP contribution in [0.1, 0.15) is 11.1 Å². The van der Waals surface area contributed by atoms with Gasteiger partial charge in [0.05, 0.1) is 5.56 Å². The Hall–Kier alpha value is -2.12. The van der Waals surface area contributed by atoms with Crippen LogP contribution in [0, 0.1) is 18.3 Å². The number of anilines is 1. The van der Waals surface area contributed by atoms with Crippen LogP contribution >= 0.6 is 11.6 Å². The van der Waals surface area contributed by atoms with Gasteiger partial charge in [0, 0.05) is 10.6 Å². The van der Waals surface area contributed by atoms with Crippen molar-refractivity contribution >= 4 is 17.5 Å². The molecule has 0 amide bonds. The summed E-state index contributed by atoms with van der Waals surface area (Å²) in [5.74, 6) is 0.425. The third-order valence-electron chi connectivity index (χ3n) is 2.49. The van der Waals surface area contributed by atoms with Crippen molar-refractivity contribution in [3.63, 3.8) is 0 Å². The van der Waals surface area contributed by atoms with E-state index < -0.39 is 0 Å². The van der Waals surface area contributed by atoms with Gasteiger partial charge in [-0.25, -0.2) is 0 Å². The van der Waals surface area contributed by atoms with E-state index in [9.17, 15) is 5.11 Å². The van der Waals surface area contributed by atoms with Gasteiger partial charge in [0.15, 0.2) is 0 Å². The quantitative estimate of drug-likeness (QED) is 0.812. The summed E-state index contributed by atoms with van der Waals surface area (Å²) in [5.41, 5.74) is 6.86. The monoisotopic (exact) mass is 248 g/mol. The van der Waals surface area contributed by atoms with Gasteiger partial charge >= 0.3 is 0 Å². The average Bonchev–Trinajstić information content (AvgIpc) is 2.57. The Bertz CT molecular complexity index is 626. The van der Waals surface area contributed by atoms with Crippen molar-refractivity contribution < 1.29 is 9.52 Å². The highest BCUT2D eigenvalue weighted by molar-refractivity contribution is 6.30. The molecule has 0 aliphatic rings. The van der Waals surface area contributed by atoms with E-state index in [2.05, 4.69) is 0 Å². The zero-order chi connectivity index (χ0) is 12.6. The molecule has 0 saturated carbocycles. The molecule has 1 aromatic heterocycles. The van der Waals surface area contributed by atoms with Crippen molar-refractivity contribution in [3.8, 4) is 23.1 Å². The molecule has 2 aromatic rings. The van der Waals surface area contributed by atoms with Crippen LogP contribution in [0.2, 0.25) is 5.02 Å². The lowest BCUT2D eigenvalue weighted by atomic mass is 10.1. The zero-order valence-corrected chi connectivity index (χ0v) is 9.75. The molecule has 5 heteroatoms. The summed E-state index contributed by atoms with van der Waals surface area (Å²) in [6.45, 7) is 1.70. The number of nitrogens with zero attached hydrogens (tertiary/aromatic N) is 1. The van der Waals surface area contributed by atoms with E-state index in [1.807, 2.05) is 6.07 Å². The largest absolute Gasteiger partial charge is 0.507 e. The highest BCUT2D eigenvalue weighted by Crippen LogP contribution is 2.38. The lowest BCUT2D eigenvalue weighted by molar-refractivity contribution is 0.474. The normalized spacial score (nSPS) is 10.2. The smallest absolute Gasteiger partial charge is 0.209 e. The molecule has 3 N–H and O–H groups in total. The molecule has 4 nitrogen and oxygen atoms in total. The number of nitriles is 1. The summed E-state index contributed by atoms with van der Waals surface area (Å²) >= 11 is 5.85. The molecular formula is C12H9ClN2O2. The van der Waals surface area contributed by atoms with Gasteiger partial charge in [0.25, 0.3) is 0 Å². The van der Waals surface area contributed by atoms with E-state index in [-0.39, 0.29) is 17.2 Å². The van der Waals surface area contributed by atoms with Gasteiger partial charge in [-0.2, -0.15) is 5.26 Å². The molecular weight excluding hydrogens is 240 g/mol. The third-order valence-corrected chi connectivity index (χ3v) is 2.72. The molecule has 0 atom stereocenters. The predicted octanol–water partition coefficient (Wildman–Crippen LogP) is 3.07. The fourth-order valence-electron chi connectivity index (χ4n) is 1.62. The predicted molar refractivity (Wildman–Crippen MR) is 64.7 cm³/mol. The molecule has 86 valence electrons. The summed E-state index contributed by atoms with van der Waals surface area (Å²) in [6, 6.07) is 6.54. The van der Waals surface area contributed by atoms with Crippen molar-refractivity contribution in [2.45, 2.75) is 6.92 Å². The molecule has 1 aromatic carbocycles. The van der Waals surface area contributed by atoms with Crippen LogP contribution < -0.4 is 5.73 Å². The van der Waals surface area contributed by atoms with Gasteiger partial charge in [0.2, 0.25) is 5.88 Å². The molecule has 0 aliphatic heterocycles. The number of furan rings is 1. The van der Waals surface area contributed by atoms with Gasteiger partial charge in [-0.1, -0.05) is 11.6 Å². The fraction of sp³-hybridized carbons (Fsp3) is 0.0833. The number of aromatic hydroxyl groups is 1. The average molecular weight is 249 g/mol. The first-order valence-electron chi connectivity index (χ1n) is 4.82. The van der Waals surface area contributed by atoms with Gasteiger partial charge in [-0.15, -0.1) is 0 Å². The molecule has 2 rings (SSSR count). The van der Waals surface area contributed by atoms with Gasteiger partial charge in [-0.3, -0.25) is 0 Å². The minimum atomic E-state index is 0.0238. The molecule has 1 heterocycles. The molecule has 17 heavy (non-hydrogen) atoms. The Morgan fingerprint density at radius 3 is 2.76 bits per heavy atom. The maximum absolute atomic E-state index is 9.74. The summed E-state index contributed by atoms with van der Waals surface area (Å²) in [6.07, 6.45) is 0. The van der Waals surface area contributed by atoms with Crippen LogP contribution in [-0.4, -0.2) is 5.11 Å². The fourth-order valence-corrected chi connectivity index (χ4v) is 1.79. The summed E-state index contributed by atoms with van der Waals surface area (Å²) in [4.78, 5) is 0. The number of benzene rings is 1.